The van der Waals surface area contributed by atoms with Gasteiger partial charge in [0.2, 0.25) is 5.91 Å². The lowest BCUT2D eigenvalue weighted by Gasteiger charge is -2.12. The van der Waals surface area contributed by atoms with E-state index in [1.54, 1.807) is 6.20 Å². The first-order chi connectivity index (χ1) is 8.27. The minimum atomic E-state index is 0.0112. The van der Waals surface area contributed by atoms with Crippen molar-refractivity contribution in [3.8, 4) is 0 Å². The second-order valence-corrected chi connectivity index (χ2v) is 4.44. The van der Waals surface area contributed by atoms with E-state index in [1.165, 1.54) is 6.42 Å². The summed E-state index contributed by atoms with van der Waals surface area (Å²) in [6, 6.07) is 3.73. The molecule has 0 fully saturated rings. The highest BCUT2D eigenvalue weighted by Crippen LogP contribution is 2.19. The third-order valence-electron chi connectivity index (χ3n) is 3.11. The van der Waals surface area contributed by atoms with Crippen molar-refractivity contribution in [2.24, 2.45) is 5.92 Å². The summed E-state index contributed by atoms with van der Waals surface area (Å²) >= 11 is 0. The third-order valence-corrected chi connectivity index (χ3v) is 3.11. The summed E-state index contributed by atoms with van der Waals surface area (Å²) in [5, 5.41) is 2.96. The van der Waals surface area contributed by atoms with Gasteiger partial charge < -0.3 is 5.32 Å². The summed E-state index contributed by atoms with van der Waals surface area (Å²) in [6.45, 7) is 1.90. The Morgan fingerprint density at radius 1 is 1.47 bits per heavy atom. The van der Waals surface area contributed by atoms with E-state index in [0.717, 1.165) is 30.6 Å². The number of hydrogen-bond donors (Lipinski definition) is 1. The summed E-state index contributed by atoms with van der Waals surface area (Å²) in [6.07, 6.45) is 10.2. The van der Waals surface area contributed by atoms with Crippen LogP contribution in [0.2, 0.25) is 0 Å². The van der Waals surface area contributed by atoms with Crippen LogP contribution in [0.25, 0.3) is 0 Å². The number of aryl methyl sites for hydroxylation is 1. The van der Waals surface area contributed by atoms with Crippen LogP contribution in [0.1, 0.15) is 31.4 Å². The first-order valence-corrected chi connectivity index (χ1v) is 6.16. The van der Waals surface area contributed by atoms with Crippen LogP contribution in [-0.4, -0.2) is 10.9 Å². The van der Waals surface area contributed by atoms with Gasteiger partial charge in [0.1, 0.15) is 0 Å². The molecule has 1 aliphatic carbocycles. The van der Waals surface area contributed by atoms with Gasteiger partial charge in [0.05, 0.1) is 17.3 Å². The SMILES string of the molecule is Cc1ncccc1NC(=O)C1C=CCCCC1. The largest absolute Gasteiger partial charge is 0.324 e. The molecule has 0 spiro atoms. The molecule has 1 aliphatic rings. The summed E-state index contributed by atoms with van der Waals surface area (Å²) in [7, 11) is 0. The number of allylic oxidation sites excluding steroid dienone is 1. The number of anilines is 1. The molecule has 90 valence electrons. The number of aromatic nitrogens is 1. The zero-order valence-electron chi connectivity index (χ0n) is 10.1. The molecule has 1 heterocycles. The second kappa shape index (κ2) is 5.62. The van der Waals surface area contributed by atoms with Crippen LogP contribution >= 0.6 is 0 Å². The minimum absolute atomic E-state index is 0.0112. The fraction of sp³-hybridized carbons (Fsp3) is 0.429. The Morgan fingerprint density at radius 3 is 3.18 bits per heavy atom. The Kier molecular flexibility index (Phi) is 3.91. The lowest BCUT2D eigenvalue weighted by atomic mass is 10.0. The van der Waals surface area contributed by atoms with Crippen LogP contribution in [-0.2, 0) is 4.79 Å². The Labute approximate surface area is 102 Å². The quantitative estimate of drug-likeness (QED) is 0.793. The fourth-order valence-electron chi connectivity index (χ4n) is 2.04. The van der Waals surface area contributed by atoms with Crippen molar-refractivity contribution in [1.82, 2.24) is 4.98 Å². The maximum absolute atomic E-state index is 12.1. The van der Waals surface area contributed by atoms with Crippen LogP contribution in [0.4, 0.5) is 5.69 Å². The van der Waals surface area contributed by atoms with Gasteiger partial charge in [-0.25, -0.2) is 0 Å². The van der Waals surface area contributed by atoms with Gasteiger partial charge >= 0.3 is 0 Å². The Bertz CT molecular complexity index is 426. The van der Waals surface area contributed by atoms with E-state index in [-0.39, 0.29) is 11.8 Å². The molecule has 0 radical (unpaired) electrons. The van der Waals surface area contributed by atoms with E-state index in [9.17, 15) is 4.79 Å². The lowest BCUT2D eigenvalue weighted by Crippen LogP contribution is -2.21. The van der Waals surface area contributed by atoms with Crippen molar-refractivity contribution < 1.29 is 4.79 Å². The first kappa shape index (κ1) is 11.8. The molecule has 1 atom stereocenters. The molecule has 0 aliphatic heterocycles. The molecule has 0 saturated heterocycles. The molecule has 1 aromatic heterocycles. The maximum Gasteiger partial charge on any atom is 0.231 e. The minimum Gasteiger partial charge on any atom is -0.324 e. The number of nitrogens with one attached hydrogen (secondary N) is 1. The fourth-order valence-corrected chi connectivity index (χ4v) is 2.04. The predicted molar refractivity (Wildman–Crippen MR) is 68.7 cm³/mol. The van der Waals surface area contributed by atoms with Crippen molar-refractivity contribution in [2.45, 2.75) is 32.6 Å². The first-order valence-electron chi connectivity index (χ1n) is 6.16. The molecule has 1 N–H and O–H groups in total. The molecule has 3 heteroatoms. The zero-order chi connectivity index (χ0) is 12.1. The molecule has 3 nitrogen and oxygen atoms in total. The van der Waals surface area contributed by atoms with E-state index >= 15 is 0 Å². The van der Waals surface area contributed by atoms with Crippen LogP contribution in [0.5, 0.6) is 0 Å². The van der Waals surface area contributed by atoms with Crippen LogP contribution < -0.4 is 5.32 Å². The lowest BCUT2D eigenvalue weighted by molar-refractivity contribution is -0.118. The number of amides is 1. The molecule has 0 saturated carbocycles. The third kappa shape index (κ3) is 3.16. The van der Waals surface area contributed by atoms with E-state index in [1.807, 2.05) is 25.1 Å². The smallest absolute Gasteiger partial charge is 0.231 e. The number of pyridine rings is 1. The van der Waals surface area contributed by atoms with Crippen LogP contribution in [0.15, 0.2) is 30.5 Å². The highest BCUT2D eigenvalue weighted by molar-refractivity contribution is 5.94. The molecule has 2 rings (SSSR count). The van der Waals surface area contributed by atoms with Gasteiger partial charge in [-0.2, -0.15) is 0 Å². The number of hydrogen-bond acceptors (Lipinski definition) is 2. The average Bonchev–Trinajstić information content (AvgIpc) is 2.61. The van der Waals surface area contributed by atoms with E-state index in [2.05, 4.69) is 16.4 Å². The number of carbonyl (C=O) groups is 1. The van der Waals surface area contributed by atoms with Crippen molar-refractivity contribution >= 4 is 11.6 Å². The normalized spacial score (nSPS) is 19.7. The van der Waals surface area contributed by atoms with Gasteiger partial charge in [0.15, 0.2) is 0 Å². The van der Waals surface area contributed by atoms with Gasteiger partial charge in [0, 0.05) is 6.20 Å². The molecule has 17 heavy (non-hydrogen) atoms. The van der Waals surface area contributed by atoms with Gasteiger partial charge in [-0.3, -0.25) is 9.78 Å². The standard InChI is InChI=1S/C14H18N2O/c1-11-13(9-6-10-15-11)16-14(17)12-7-4-2-3-5-8-12/h4,6-7,9-10,12H,2-3,5,8H2,1H3,(H,16,17). The summed E-state index contributed by atoms with van der Waals surface area (Å²) < 4.78 is 0. The van der Waals surface area contributed by atoms with Crippen molar-refractivity contribution in [3.05, 3.63) is 36.2 Å². The van der Waals surface area contributed by atoms with Crippen LogP contribution in [0.3, 0.4) is 0 Å². The molecule has 0 bridgehead atoms. The van der Waals surface area contributed by atoms with Gasteiger partial charge in [0.25, 0.3) is 0 Å². The number of carbonyl (C=O) groups excluding carboxylic acids is 1. The summed E-state index contributed by atoms with van der Waals surface area (Å²) in [5.41, 5.74) is 1.67. The topological polar surface area (TPSA) is 42.0 Å². The van der Waals surface area contributed by atoms with Gasteiger partial charge in [-0.15, -0.1) is 0 Å². The number of nitrogens with zero attached hydrogens (tertiary/aromatic N) is 1. The van der Waals surface area contributed by atoms with Crippen LogP contribution in [0, 0.1) is 12.8 Å². The summed E-state index contributed by atoms with van der Waals surface area (Å²) in [4.78, 5) is 16.2. The molecule has 0 aromatic carbocycles. The van der Waals surface area contributed by atoms with Crippen molar-refractivity contribution in [3.63, 3.8) is 0 Å². The van der Waals surface area contributed by atoms with Gasteiger partial charge in [-0.1, -0.05) is 18.6 Å². The second-order valence-electron chi connectivity index (χ2n) is 4.44. The Balaban J connectivity index is 2.03. The van der Waals surface area contributed by atoms with E-state index < -0.39 is 0 Å². The molecule has 1 aromatic rings. The maximum atomic E-state index is 12.1. The molecular formula is C14H18N2O. The van der Waals surface area contributed by atoms with E-state index in [4.69, 9.17) is 0 Å². The number of rotatable bonds is 2. The highest BCUT2D eigenvalue weighted by atomic mass is 16.1. The van der Waals surface area contributed by atoms with Crippen molar-refractivity contribution in [2.75, 3.05) is 5.32 Å². The van der Waals surface area contributed by atoms with Crippen molar-refractivity contribution in [1.29, 1.82) is 0 Å². The van der Waals surface area contributed by atoms with E-state index in [0.29, 0.717) is 0 Å². The van der Waals surface area contributed by atoms with Gasteiger partial charge in [-0.05, 0) is 38.3 Å². The molecule has 1 amide bonds. The average molecular weight is 230 g/mol. The zero-order valence-corrected chi connectivity index (χ0v) is 10.1. The monoisotopic (exact) mass is 230 g/mol. The summed E-state index contributed by atoms with van der Waals surface area (Å²) in [5.74, 6) is 0.0938. The highest BCUT2D eigenvalue weighted by Gasteiger charge is 2.17. The Hall–Kier alpha value is -1.64. The Morgan fingerprint density at radius 2 is 2.35 bits per heavy atom. The molecule has 1 unspecified atom stereocenters. The predicted octanol–water partition coefficient (Wildman–Crippen LogP) is 3.07. The molecular weight excluding hydrogens is 212 g/mol.